The maximum Gasteiger partial charge on any atom is 0.181 e. The summed E-state index contributed by atoms with van der Waals surface area (Å²) in [7, 11) is 0. The van der Waals surface area contributed by atoms with Crippen molar-refractivity contribution in [1.82, 2.24) is 0 Å². The first kappa shape index (κ1) is 10.6. The minimum absolute atomic E-state index is 0.0828. The third kappa shape index (κ3) is 2.23. The highest BCUT2D eigenvalue weighted by Gasteiger charge is 2.12. The van der Waals surface area contributed by atoms with Gasteiger partial charge in [-0.3, -0.25) is 0 Å². The molecule has 4 N–H and O–H groups in total. The molecule has 1 aromatic carbocycles. The average molecular weight is 270 g/mol. The summed E-state index contributed by atoms with van der Waals surface area (Å²) >= 11 is 2.79. The van der Waals surface area contributed by atoms with Crippen LogP contribution in [0.2, 0.25) is 0 Å². The van der Waals surface area contributed by atoms with Crippen LogP contribution in [0.5, 0.6) is 0 Å². The van der Waals surface area contributed by atoms with Crippen LogP contribution in [0, 0.1) is 5.82 Å². The fourth-order valence-corrected chi connectivity index (χ4v) is 1.43. The van der Waals surface area contributed by atoms with Crippen molar-refractivity contribution in [3.8, 4) is 0 Å². The third-order valence-corrected chi connectivity index (χ3v) is 2.19. The van der Waals surface area contributed by atoms with Crippen molar-refractivity contribution < 1.29 is 8.28 Å². The second-order valence-electron chi connectivity index (χ2n) is 2.22. The summed E-state index contributed by atoms with van der Waals surface area (Å²) in [6.07, 6.45) is 0. The number of hydrogen-bond donors (Lipinski definition) is 2. The van der Waals surface area contributed by atoms with Gasteiger partial charge in [0.15, 0.2) is 12.3 Å². The van der Waals surface area contributed by atoms with E-state index in [-0.39, 0.29) is 23.7 Å². The number of nitrogens with two attached hydrogens (primary N) is 2. The zero-order valence-electron chi connectivity index (χ0n) is 6.30. The van der Waals surface area contributed by atoms with Gasteiger partial charge in [0.2, 0.25) is 0 Å². The number of hydrazine groups is 1. The van der Waals surface area contributed by atoms with Crippen LogP contribution in [0.3, 0.4) is 0 Å². The largest absolute Gasteiger partial charge is 0.395 e. The fraction of sp³-hybridized carbons (Fsp3) is 0. The Balaban J connectivity index is 3.20. The summed E-state index contributed by atoms with van der Waals surface area (Å²) in [4.78, 5) is 0. The Kier molecular flexibility index (Phi) is 3.34. The predicted molar refractivity (Wildman–Crippen MR) is 53.9 cm³/mol. The van der Waals surface area contributed by atoms with Gasteiger partial charge in [0.25, 0.3) is 0 Å². The summed E-state index contributed by atoms with van der Waals surface area (Å²) in [6, 6.07) is 2.60. The molecule has 0 bridgehead atoms. The molecule has 0 spiro atoms. The van der Waals surface area contributed by atoms with Gasteiger partial charge in [-0.1, -0.05) is 15.9 Å². The summed E-state index contributed by atoms with van der Waals surface area (Å²) < 4.78 is 26.1. The van der Waals surface area contributed by atoms with Crippen LogP contribution in [0.1, 0.15) is 0 Å². The minimum atomic E-state index is -0.645. The lowest BCUT2D eigenvalue weighted by molar-refractivity contribution is 0.631. The highest BCUT2D eigenvalue weighted by atomic mass is 79.9. The number of anilines is 2. The second kappa shape index (κ2) is 4.12. The maximum atomic E-state index is 13.0. The standard InChI is InChI=1S/C6H6BrF2N3S/c7-3-1-4(8)6(10)5(2-3)12(11)13-9/h1-2H,10-11H2. The number of hydrogen-bond acceptors (Lipinski definition) is 4. The van der Waals surface area contributed by atoms with Gasteiger partial charge in [-0.2, -0.15) is 0 Å². The normalized spacial score (nSPS) is 10.2. The smallest absolute Gasteiger partial charge is 0.181 e. The minimum Gasteiger partial charge on any atom is -0.395 e. The van der Waals surface area contributed by atoms with E-state index in [0.29, 0.717) is 8.89 Å². The molecule has 72 valence electrons. The lowest BCUT2D eigenvalue weighted by Gasteiger charge is -2.14. The lowest BCUT2D eigenvalue weighted by atomic mass is 10.2. The first-order chi connectivity index (χ1) is 6.06. The van der Waals surface area contributed by atoms with E-state index in [1.807, 2.05) is 0 Å². The van der Waals surface area contributed by atoms with Crippen molar-refractivity contribution in [1.29, 1.82) is 0 Å². The molecule has 0 aliphatic carbocycles. The molecule has 0 fully saturated rings. The summed E-state index contributed by atoms with van der Waals surface area (Å²) in [5.74, 6) is 4.54. The van der Waals surface area contributed by atoms with Gasteiger partial charge in [-0.15, -0.1) is 3.89 Å². The van der Waals surface area contributed by atoms with Crippen LogP contribution in [0.15, 0.2) is 16.6 Å². The quantitative estimate of drug-likeness (QED) is 0.375. The zero-order valence-corrected chi connectivity index (χ0v) is 8.70. The molecule has 0 saturated heterocycles. The van der Waals surface area contributed by atoms with Crippen LogP contribution in [-0.2, 0) is 0 Å². The molecule has 3 nitrogen and oxygen atoms in total. The Morgan fingerprint density at radius 1 is 1.46 bits per heavy atom. The van der Waals surface area contributed by atoms with Gasteiger partial charge in [0, 0.05) is 4.47 Å². The molecule has 0 amide bonds. The van der Waals surface area contributed by atoms with Gasteiger partial charge in [0.05, 0.1) is 11.4 Å². The maximum absolute atomic E-state index is 13.0. The van der Waals surface area contributed by atoms with Crippen LogP contribution in [0.25, 0.3) is 0 Å². The van der Waals surface area contributed by atoms with Crippen LogP contribution in [0.4, 0.5) is 19.7 Å². The first-order valence-corrected chi connectivity index (χ1v) is 4.61. The molecule has 7 heteroatoms. The van der Waals surface area contributed by atoms with Crippen LogP contribution in [-0.4, -0.2) is 0 Å². The highest BCUT2D eigenvalue weighted by molar-refractivity contribution is 9.10. The first-order valence-electron chi connectivity index (χ1n) is 3.14. The number of halogens is 3. The van der Waals surface area contributed by atoms with Gasteiger partial charge < -0.3 is 5.73 Å². The van der Waals surface area contributed by atoms with E-state index in [1.54, 1.807) is 0 Å². The van der Waals surface area contributed by atoms with Crippen molar-refractivity contribution in [2.75, 3.05) is 10.1 Å². The SMILES string of the molecule is Nc1c(F)cc(Br)cc1N(N)SF. The van der Waals surface area contributed by atoms with E-state index in [0.717, 1.165) is 0 Å². The van der Waals surface area contributed by atoms with E-state index >= 15 is 0 Å². The van der Waals surface area contributed by atoms with Crippen molar-refractivity contribution in [3.63, 3.8) is 0 Å². The van der Waals surface area contributed by atoms with Gasteiger partial charge in [-0.05, 0) is 12.1 Å². The van der Waals surface area contributed by atoms with E-state index in [1.165, 1.54) is 12.1 Å². The van der Waals surface area contributed by atoms with Crippen molar-refractivity contribution >= 4 is 39.6 Å². The molecule has 0 saturated carbocycles. The van der Waals surface area contributed by atoms with E-state index in [2.05, 4.69) is 15.9 Å². The Bertz CT molecular complexity index is 323. The molecular formula is C6H6BrF2N3S. The summed E-state index contributed by atoms with van der Waals surface area (Å²) in [5.41, 5.74) is 5.23. The number of nitrogen functional groups attached to an aromatic ring is 1. The van der Waals surface area contributed by atoms with Crippen LogP contribution < -0.4 is 16.0 Å². The molecule has 0 aromatic heterocycles. The average Bonchev–Trinajstić information content (AvgIpc) is 2.10. The van der Waals surface area contributed by atoms with Crippen molar-refractivity contribution in [2.24, 2.45) is 5.84 Å². The van der Waals surface area contributed by atoms with Gasteiger partial charge >= 0.3 is 0 Å². The molecule has 0 radical (unpaired) electrons. The number of nitrogens with zero attached hydrogens (tertiary/aromatic N) is 1. The molecule has 0 unspecified atom stereocenters. The highest BCUT2D eigenvalue weighted by Crippen LogP contribution is 2.31. The number of rotatable bonds is 2. The molecule has 1 aromatic rings. The second-order valence-corrected chi connectivity index (χ2v) is 3.66. The number of benzene rings is 1. The monoisotopic (exact) mass is 269 g/mol. The van der Waals surface area contributed by atoms with Crippen molar-refractivity contribution in [3.05, 3.63) is 22.4 Å². The van der Waals surface area contributed by atoms with Crippen LogP contribution >= 0.6 is 28.3 Å². The molecular weight excluding hydrogens is 264 g/mol. The van der Waals surface area contributed by atoms with E-state index in [9.17, 15) is 8.28 Å². The van der Waals surface area contributed by atoms with E-state index in [4.69, 9.17) is 11.6 Å². The summed E-state index contributed by atoms with van der Waals surface area (Å²) in [5, 5.41) is 0. The Hall–Kier alpha value is -0.530. The van der Waals surface area contributed by atoms with E-state index < -0.39 is 5.82 Å². The molecule has 0 atom stereocenters. The molecule has 0 aliphatic heterocycles. The van der Waals surface area contributed by atoms with Gasteiger partial charge in [-0.25, -0.2) is 14.6 Å². The molecule has 13 heavy (non-hydrogen) atoms. The Morgan fingerprint density at radius 2 is 2.08 bits per heavy atom. The molecule has 0 aliphatic rings. The van der Waals surface area contributed by atoms with Gasteiger partial charge in [0.1, 0.15) is 5.82 Å². The lowest BCUT2D eigenvalue weighted by Crippen LogP contribution is -2.22. The zero-order chi connectivity index (χ0) is 10.0. The predicted octanol–water partition coefficient (Wildman–Crippen LogP) is 2.38. The fourth-order valence-electron chi connectivity index (χ4n) is 0.791. The van der Waals surface area contributed by atoms with Crippen molar-refractivity contribution in [2.45, 2.75) is 0 Å². The summed E-state index contributed by atoms with van der Waals surface area (Å²) in [6.45, 7) is 0. The third-order valence-electron chi connectivity index (χ3n) is 1.38. The Labute approximate surface area is 86.6 Å². The molecule has 1 rings (SSSR count). The molecule has 0 heterocycles. The topological polar surface area (TPSA) is 55.3 Å². The Morgan fingerprint density at radius 3 is 2.62 bits per heavy atom.